The molecule has 0 bridgehead atoms. The van der Waals surface area contributed by atoms with Gasteiger partial charge in [-0.25, -0.2) is 23.0 Å². The molecule has 5 rings (SSSR count). The van der Waals surface area contributed by atoms with Crippen LogP contribution in [0.2, 0.25) is 0 Å². The van der Waals surface area contributed by atoms with Crippen molar-refractivity contribution in [2.75, 3.05) is 20.1 Å². The van der Waals surface area contributed by atoms with Gasteiger partial charge in [0.15, 0.2) is 11.6 Å². The second kappa shape index (κ2) is 9.56. The second-order valence-electron chi connectivity index (χ2n) is 8.63. The van der Waals surface area contributed by atoms with Crippen molar-refractivity contribution in [1.29, 1.82) is 0 Å². The van der Waals surface area contributed by atoms with Crippen LogP contribution in [0.15, 0.2) is 41.8 Å². The Morgan fingerprint density at radius 2 is 1.81 bits per heavy atom. The molecule has 192 valence electrons. The van der Waals surface area contributed by atoms with Gasteiger partial charge in [0.05, 0.1) is 48.5 Å². The van der Waals surface area contributed by atoms with Crippen LogP contribution in [0, 0.1) is 17.5 Å². The summed E-state index contributed by atoms with van der Waals surface area (Å²) in [5, 5.41) is 11.9. The van der Waals surface area contributed by atoms with Crippen LogP contribution in [-0.2, 0) is 7.05 Å². The van der Waals surface area contributed by atoms with Crippen LogP contribution in [0.4, 0.5) is 18.0 Å². The Bertz CT molecular complexity index is 1380. The maximum atomic E-state index is 14.5. The van der Waals surface area contributed by atoms with Crippen LogP contribution in [-0.4, -0.2) is 69.1 Å². The lowest BCUT2D eigenvalue weighted by molar-refractivity contribution is 0.0256. The van der Waals surface area contributed by atoms with E-state index in [0.29, 0.717) is 23.4 Å². The van der Waals surface area contributed by atoms with Crippen LogP contribution < -0.4 is 10.1 Å². The third-order valence-electron chi connectivity index (χ3n) is 6.18. The molecule has 2 aliphatic rings. The lowest BCUT2D eigenvalue weighted by Gasteiger charge is -2.41. The number of hydrogen-bond acceptors (Lipinski definition) is 6. The van der Waals surface area contributed by atoms with E-state index >= 15 is 0 Å². The van der Waals surface area contributed by atoms with Gasteiger partial charge in [0, 0.05) is 38.9 Å². The maximum absolute atomic E-state index is 14.5. The standard InChI is InChI=1S/C24H22F3N7O3/c1-28-23(35)17-9-31-32(2)22(17)19-8-21(18(27)10-29-19)37-16-11-33(12-16)24(36)34-20(3-4-30-34)13-5-14(25)7-15(26)6-13/h4-10,16,20H,3,11-12H2,1-2H3,(H,28,35)/t20-/m0/s1. The van der Waals surface area contributed by atoms with E-state index in [4.69, 9.17) is 4.74 Å². The fourth-order valence-corrected chi connectivity index (χ4v) is 4.32. The SMILES string of the molecule is CNC(=O)c1cnn(C)c1-c1cc(OC2CN(C(=O)N3N=CC[C@H]3c3cc(F)cc(F)c3)C2)c(F)cn1. The minimum absolute atomic E-state index is 0.0848. The van der Waals surface area contributed by atoms with Crippen LogP contribution in [0.1, 0.15) is 28.4 Å². The number of likely N-dealkylation sites (tertiary alicyclic amines) is 1. The molecule has 1 N–H and O–H groups in total. The molecule has 1 atom stereocenters. The monoisotopic (exact) mass is 513 g/mol. The number of amides is 3. The van der Waals surface area contributed by atoms with Crippen molar-refractivity contribution in [1.82, 2.24) is 30.0 Å². The summed E-state index contributed by atoms with van der Waals surface area (Å²) in [6, 6.07) is 3.40. The van der Waals surface area contributed by atoms with Gasteiger partial charge in [-0.1, -0.05) is 0 Å². The Labute approximate surface area is 209 Å². The van der Waals surface area contributed by atoms with Gasteiger partial charge in [-0.05, 0) is 17.7 Å². The minimum atomic E-state index is -0.737. The third-order valence-corrected chi connectivity index (χ3v) is 6.18. The predicted octanol–water partition coefficient (Wildman–Crippen LogP) is 2.87. The summed E-state index contributed by atoms with van der Waals surface area (Å²) in [5.74, 6) is -2.63. The Hall–Kier alpha value is -4.42. The molecule has 1 saturated heterocycles. The molecule has 0 radical (unpaired) electrons. The highest BCUT2D eigenvalue weighted by Gasteiger charge is 2.39. The maximum Gasteiger partial charge on any atom is 0.341 e. The molecule has 4 heterocycles. The number of hydrazone groups is 1. The van der Waals surface area contributed by atoms with E-state index in [2.05, 4.69) is 20.5 Å². The first kappa shape index (κ1) is 24.3. The number of nitrogens with one attached hydrogen (secondary N) is 1. The van der Waals surface area contributed by atoms with Crippen molar-refractivity contribution in [3.05, 3.63) is 65.2 Å². The smallest absolute Gasteiger partial charge is 0.341 e. The Morgan fingerprint density at radius 1 is 1.08 bits per heavy atom. The van der Waals surface area contributed by atoms with Crippen molar-refractivity contribution in [3.63, 3.8) is 0 Å². The Kier molecular flexibility index (Phi) is 6.27. The van der Waals surface area contributed by atoms with E-state index in [1.165, 1.54) is 52.2 Å². The van der Waals surface area contributed by atoms with Gasteiger partial charge in [0.2, 0.25) is 0 Å². The lowest BCUT2D eigenvalue weighted by Crippen LogP contribution is -2.58. The second-order valence-corrected chi connectivity index (χ2v) is 8.63. The number of urea groups is 1. The summed E-state index contributed by atoms with van der Waals surface area (Å²) >= 11 is 0. The van der Waals surface area contributed by atoms with Crippen molar-refractivity contribution >= 4 is 18.2 Å². The molecule has 37 heavy (non-hydrogen) atoms. The Balaban J connectivity index is 1.27. The van der Waals surface area contributed by atoms with Crippen molar-refractivity contribution in [2.45, 2.75) is 18.6 Å². The molecular formula is C24H22F3N7O3. The van der Waals surface area contributed by atoms with Crippen LogP contribution in [0.3, 0.4) is 0 Å². The number of carbonyl (C=O) groups is 2. The number of hydrogen-bond donors (Lipinski definition) is 1. The topological polar surface area (TPSA) is 105 Å². The molecule has 3 amide bonds. The molecular weight excluding hydrogens is 491 g/mol. The number of halogens is 3. The summed E-state index contributed by atoms with van der Waals surface area (Å²) in [5.41, 5.74) is 1.25. The van der Waals surface area contributed by atoms with E-state index < -0.39 is 35.6 Å². The molecule has 0 spiro atoms. The van der Waals surface area contributed by atoms with Crippen molar-refractivity contribution in [3.8, 4) is 17.1 Å². The van der Waals surface area contributed by atoms with Crippen LogP contribution in [0.5, 0.6) is 5.75 Å². The zero-order valence-electron chi connectivity index (χ0n) is 19.9. The van der Waals surface area contributed by atoms with Crippen molar-refractivity contribution < 1.29 is 27.5 Å². The average molecular weight is 513 g/mol. The van der Waals surface area contributed by atoms with Crippen LogP contribution >= 0.6 is 0 Å². The number of aryl methyl sites for hydroxylation is 1. The largest absolute Gasteiger partial charge is 0.483 e. The molecule has 13 heteroatoms. The number of carbonyl (C=O) groups excluding carboxylic acids is 2. The van der Waals surface area contributed by atoms with E-state index in [1.807, 2.05) is 0 Å². The number of rotatable bonds is 5. The van der Waals surface area contributed by atoms with Gasteiger partial charge in [0.25, 0.3) is 5.91 Å². The number of ether oxygens (including phenoxy) is 1. The van der Waals surface area contributed by atoms with E-state index in [-0.39, 0.29) is 30.3 Å². The molecule has 10 nitrogen and oxygen atoms in total. The summed E-state index contributed by atoms with van der Waals surface area (Å²) < 4.78 is 49.1. The normalized spacial score (nSPS) is 17.2. The van der Waals surface area contributed by atoms with E-state index in [9.17, 15) is 22.8 Å². The number of nitrogens with zero attached hydrogens (tertiary/aromatic N) is 6. The molecule has 3 aromatic rings. The molecule has 1 fully saturated rings. The molecule has 1 aromatic carbocycles. The molecule has 2 aromatic heterocycles. The quantitative estimate of drug-likeness (QED) is 0.565. The summed E-state index contributed by atoms with van der Waals surface area (Å²) in [7, 11) is 3.12. The number of pyridine rings is 1. The predicted molar refractivity (Wildman–Crippen MR) is 125 cm³/mol. The molecule has 0 unspecified atom stereocenters. The first-order valence-electron chi connectivity index (χ1n) is 11.4. The van der Waals surface area contributed by atoms with E-state index in [1.54, 1.807) is 7.05 Å². The first-order valence-corrected chi connectivity index (χ1v) is 11.4. The fourth-order valence-electron chi connectivity index (χ4n) is 4.32. The molecule has 0 aliphatic carbocycles. The summed E-state index contributed by atoms with van der Waals surface area (Å²) in [4.78, 5) is 30.7. The average Bonchev–Trinajstić information content (AvgIpc) is 3.48. The Morgan fingerprint density at radius 3 is 2.51 bits per heavy atom. The number of benzene rings is 1. The van der Waals surface area contributed by atoms with Gasteiger partial charge in [0.1, 0.15) is 17.7 Å². The first-order chi connectivity index (χ1) is 17.7. The molecule has 2 aliphatic heterocycles. The van der Waals surface area contributed by atoms with Gasteiger partial charge >= 0.3 is 6.03 Å². The number of aromatic nitrogens is 3. The fraction of sp³-hybridized carbons (Fsp3) is 0.292. The highest BCUT2D eigenvalue weighted by Crippen LogP contribution is 2.32. The highest BCUT2D eigenvalue weighted by molar-refractivity contribution is 5.99. The minimum Gasteiger partial charge on any atom is -0.483 e. The zero-order chi connectivity index (χ0) is 26.3. The third kappa shape index (κ3) is 4.59. The van der Waals surface area contributed by atoms with Crippen LogP contribution in [0.25, 0.3) is 11.4 Å². The van der Waals surface area contributed by atoms with Gasteiger partial charge in [-0.2, -0.15) is 10.2 Å². The van der Waals surface area contributed by atoms with Gasteiger partial charge < -0.3 is 15.0 Å². The van der Waals surface area contributed by atoms with Gasteiger partial charge in [-0.15, -0.1) is 0 Å². The highest BCUT2D eigenvalue weighted by atomic mass is 19.1. The lowest BCUT2D eigenvalue weighted by atomic mass is 10.0. The summed E-state index contributed by atoms with van der Waals surface area (Å²) in [6.45, 7) is 0.308. The van der Waals surface area contributed by atoms with Gasteiger partial charge in [-0.3, -0.25) is 14.5 Å². The van der Waals surface area contributed by atoms with E-state index in [0.717, 1.165) is 12.3 Å². The zero-order valence-corrected chi connectivity index (χ0v) is 19.9. The van der Waals surface area contributed by atoms with Crippen molar-refractivity contribution in [2.24, 2.45) is 12.1 Å². The molecule has 0 saturated carbocycles. The summed E-state index contributed by atoms with van der Waals surface area (Å²) in [6.07, 6.45) is 3.71.